The quantitative estimate of drug-likeness (QED) is 0.793. The minimum Gasteiger partial charge on any atom is -0.481 e. The summed E-state index contributed by atoms with van der Waals surface area (Å²) in [6.45, 7) is 3.92. The fourth-order valence-electron chi connectivity index (χ4n) is 2.66. The van der Waals surface area contributed by atoms with Gasteiger partial charge in [-0.1, -0.05) is 19.8 Å². The van der Waals surface area contributed by atoms with E-state index in [2.05, 4.69) is 6.92 Å². The molecule has 104 valence electrons. The van der Waals surface area contributed by atoms with Crippen LogP contribution in [-0.2, 0) is 9.59 Å². The lowest BCUT2D eigenvalue weighted by Gasteiger charge is -2.20. The highest BCUT2D eigenvalue weighted by atomic mass is 16.4. The number of aliphatic carboxylic acids is 1. The maximum absolute atomic E-state index is 11.9. The van der Waals surface area contributed by atoms with Gasteiger partial charge in [-0.2, -0.15) is 0 Å². The Morgan fingerprint density at radius 1 is 1.22 bits per heavy atom. The molecular formula is C14H25NO3. The molecule has 0 aromatic rings. The number of hydrogen-bond acceptors (Lipinski definition) is 2. The summed E-state index contributed by atoms with van der Waals surface area (Å²) < 4.78 is 0. The lowest BCUT2D eigenvalue weighted by molar-refractivity contribution is -0.137. The van der Waals surface area contributed by atoms with Crippen molar-refractivity contribution in [2.75, 3.05) is 13.1 Å². The van der Waals surface area contributed by atoms with E-state index < -0.39 is 5.97 Å². The third kappa shape index (κ3) is 5.52. The van der Waals surface area contributed by atoms with Crippen molar-refractivity contribution in [2.24, 2.45) is 5.92 Å². The number of carbonyl (C=O) groups excluding carboxylic acids is 1. The molecule has 0 aromatic heterocycles. The molecule has 0 aliphatic carbocycles. The summed E-state index contributed by atoms with van der Waals surface area (Å²) in [6.07, 6.45) is 6.85. The molecule has 1 amide bonds. The van der Waals surface area contributed by atoms with Crippen LogP contribution in [0.5, 0.6) is 0 Å². The maximum Gasteiger partial charge on any atom is 0.303 e. The zero-order valence-corrected chi connectivity index (χ0v) is 11.4. The molecule has 1 atom stereocenters. The first-order valence-electron chi connectivity index (χ1n) is 7.13. The van der Waals surface area contributed by atoms with Crippen LogP contribution >= 0.6 is 0 Å². The zero-order chi connectivity index (χ0) is 13.4. The van der Waals surface area contributed by atoms with Gasteiger partial charge in [0.1, 0.15) is 0 Å². The number of likely N-dealkylation sites (tertiary alicyclic amines) is 1. The number of hydrogen-bond donors (Lipinski definition) is 1. The first-order chi connectivity index (χ1) is 8.63. The molecule has 1 heterocycles. The molecule has 0 bridgehead atoms. The molecule has 1 fully saturated rings. The molecule has 1 N–H and O–H groups in total. The summed E-state index contributed by atoms with van der Waals surface area (Å²) in [6, 6.07) is 0. The lowest BCUT2D eigenvalue weighted by atomic mass is 9.96. The summed E-state index contributed by atoms with van der Waals surface area (Å²) in [5.74, 6) is 0.0851. The van der Waals surface area contributed by atoms with Gasteiger partial charge in [-0.05, 0) is 31.6 Å². The van der Waals surface area contributed by atoms with Crippen LogP contribution in [0.3, 0.4) is 0 Å². The Morgan fingerprint density at radius 2 is 2.00 bits per heavy atom. The summed E-state index contributed by atoms with van der Waals surface area (Å²) in [5.41, 5.74) is 0. The van der Waals surface area contributed by atoms with E-state index in [4.69, 9.17) is 5.11 Å². The molecule has 0 radical (unpaired) electrons. The van der Waals surface area contributed by atoms with Crippen molar-refractivity contribution in [3.8, 4) is 0 Å². The number of carboxylic acid groups (broad SMARTS) is 1. The Kier molecular flexibility index (Phi) is 6.76. The average molecular weight is 255 g/mol. The van der Waals surface area contributed by atoms with Gasteiger partial charge < -0.3 is 10.0 Å². The van der Waals surface area contributed by atoms with Crippen LogP contribution < -0.4 is 0 Å². The molecule has 0 aromatic carbocycles. The van der Waals surface area contributed by atoms with Gasteiger partial charge in [0, 0.05) is 25.9 Å². The average Bonchev–Trinajstić information content (AvgIpc) is 2.54. The Bertz CT molecular complexity index is 278. The van der Waals surface area contributed by atoms with Crippen molar-refractivity contribution >= 4 is 11.9 Å². The van der Waals surface area contributed by atoms with Crippen LogP contribution in [0, 0.1) is 5.92 Å². The van der Waals surface area contributed by atoms with Gasteiger partial charge in [0.15, 0.2) is 0 Å². The third-order valence-corrected chi connectivity index (χ3v) is 3.68. The second-order valence-electron chi connectivity index (χ2n) is 5.21. The first-order valence-corrected chi connectivity index (χ1v) is 7.13. The van der Waals surface area contributed by atoms with Gasteiger partial charge in [-0.3, -0.25) is 9.59 Å². The molecule has 1 aliphatic heterocycles. The number of rotatable bonds is 6. The molecular weight excluding hydrogens is 230 g/mol. The van der Waals surface area contributed by atoms with E-state index in [1.54, 1.807) is 0 Å². The smallest absolute Gasteiger partial charge is 0.303 e. The van der Waals surface area contributed by atoms with Gasteiger partial charge in [0.25, 0.3) is 0 Å². The van der Waals surface area contributed by atoms with Crippen LogP contribution in [0.1, 0.15) is 58.3 Å². The second kappa shape index (κ2) is 8.11. The van der Waals surface area contributed by atoms with E-state index in [0.29, 0.717) is 12.8 Å². The Hall–Kier alpha value is -1.06. The van der Waals surface area contributed by atoms with Gasteiger partial charge in [0.2, 0.25) is 5.91 Å². The minimum absolute atomic E-state index is 0.0953. The lowest BCUT2D eigenvalue weighted by Crippen LogP contribution is -2.31. The number of amides is 1. The first kappa shape index (κ1) is 15.0. The summed E-state index contributed by atoms with van der Waals surface area (Å²) >= 11 is 0. The summed E-state index contributed by atoms with van der Waals surface area (Å²) in [4.78, 5) is 24.3. The SMILES string of the molecule is CCCC1CCCN(C(=O)CCCC(=O)O)CC1. The Labute approximate surface area is 109 Å². The third-order valence-electron chi connectivity index (χ3n) is 3.68. The molecule has 4 heteroatoms. The minimum atomic E-state index is -0.818. The van der Waals surface area contributed by atoms with Crippen LogP contribution in [-0.4, -0.2) is 35.0 Å². The second-order valence-corrected chi connectivity index (χ2v) is 5.21. The van der Waals surface area contributed by atoms with E-state index >= 15 is 0 Å². The molecule has 1 saturated heterocycles. The monoisotopic (exact) mass is 255 g/mol. The van der Waals surface area contributed by atoms with Crippen LogP contribution in [0.25, 0.3) is 0 Å². The van der Waals surface area contributed by atoms with Gasteiger partial charge in [-0.15, -0.1) is 0 Å². The Balaban J connectivity index is 2.28. The zero-order valence-electron chi connectivity index (χ0n) is 11.4. The topological polar surface area (TPSA) is 57.6 Å². The number of carboxylic acids is 1. The van der Waals surface area contributed by atoms with Crippen LogP contribution in [0.2, 0.25) is 0 Å². The van der Waals surface area contributed by atoms with Crippen molar-refractivity contribution in [1.29, 1.82) is 0 Å². The normalized spacial score (nSPS) is 20.5. The summed E-state index contributed by atoms with van der Waals surface area (Å²) in [7, 11) is 0. The van der Waals surface area contributed by atoms with E-state index in [1.165, 1.54) is 19.3 Å². The van der Waals surface area contributed by atoms with E-state index in [9.17, 15) is 9.59 Å². The maximum atomic E-state index is 11.9. The number of carbonyl (C=O) groups is 2. The number of nitrogens with zero attached hydrogens (tertiary/aromatic N) is 1. The van der Waals surface area contributed by atoms with E-state index in [1.807, 2.05) is 4.90 Å². The fourth-order valence-corrected chi connectivity index (χ4v) is 2.66. The summed E-state index contributed by atoms with van der Waals surface area (Å²) in [5, 5.41) is 8.55. The molecule has 1 aliphatic rings. The van der Waals surface area contributed by atoms with Crippen molar-refractivity contribution in [3.05, 3.63) is 0 Å². The molecule has 18 heavy (non-hydrogen) atoms. The molecule has 0 spiro atoms. The van der Waals surface area contributed by atoms with Gasteiger partial charge in [0.05, 0.1) is 0 Å². The standard InChI is InChI=1S/C14H25NO3/c1-2-5-12-6-4-10-15(11-9-12)13(16)7-3-8-14(17)18/h12H,2-11H2,1H3,(H,17,18). The predicted octanol–water partition coefficient (Wildman–Crippen LogP) is 2.67. The fraction of sp³-hybridized carbons (Fsp3) is 0.857. The highest BCUT2D eigenvalue weighted by Crippen LogP contribution is 2.22. The van der Waals surface area contributed by atoms with E-state index in [0.717, 1.165) is 31.8 Å². The molecule has 1 unspecified atom stereocenters. The van der Waals surface area contributed by atoms with Crippen molar-refractivity contribution < 1.29 is 14.7 Å². The predicted molar refractivity (Wildman–Crippen MR) is 70.3 cm³/mol. The van der Waals surface area contributed by atoms with Crippen LogP contribution in [0.15, 0.2) is 0 Å². The highest BCUT2D eigenvalue weighted by Gasteiger charge is 2.19. The van der Waals surface area contributed by atoms with Crippen LogP contribution in [0.4, 0.5) is 0 Å². The van der Waals surface area contributed by atoms with E-state index in [-0.39, 0.29) is 12.3 Å². The molecule has 1 rings (SSSR count). The van der Waals surface area contributed by atoms with Gasteiger partial charge >= 0.3 is 5.97 Å². The van der Waals surface area contributed by atoms with Crippen molar-refractivity contribution in [1.82, 2.24) is 4.90 Å². The van der Waals surface area contributed by atoms with Crippen molar-refractivity contribution in [2.45, 2.75) is 58.3 Å². The van der Waals surface area contributed by atoms with Crippen molar-refractivity contribution in [3.63, 3.8) is 0 Å². The molecule has 4 nitrogen and oxygen atoms in total. The Morgan fingerprint density at radius 3 is 2.67 bits per heavy atom. The van der Waals surface area contributed by atoms with Gasteiger partial charge in [-0.25, -0.2) is 0 Å². The largest absolute Gasteiger partial charge is 0.481 e. The molecule has 0 saturated carbocycles. The highest BCUT2D eigenvalue weighted by molar-refractivity contribution is 5.77.